The van der Waals surface area contributed by atoms with Crippen molar-refractivity contribution in [2.45, 2.75) is 42.9 Å². The van der Waals surface area contributed by atoms with E-state index in [0.29, 0.717) is 10.5 Å². The Labute approximate surface area is 173 Å². The Morgan fingerprint density at radius 3 is 2.00 bits per heavy atom. The normalized spacial score (nSPS) is 18.7. The van der Waals surface area contributed by atoms with Crippen molar-refractivity contribution in [2.75, 3.05) is 26.2 Å². The van der Waals surface area contributed by atoms with Gasteiger partial charge in [0.15, 0.2) is 0 Å². The third-order valence-corrected chi connectivity index (χ3v) is 9.81. The fraction of sp³-hybridized carbons (Fsp3) is 0.429. The second kappa shape index (κ2) is 7.50. The number of aryl methyl sites for hydroxylation is 4. The minimum atomic E-state index is -3.64. The van der Waals surface area contributed by atoms with Crippen molar-refractivity contribution in [1.29, 1.82) is 0 Å². The number of benzene rings is 2. The second-order valence-corrected chi connectivity index (χ2v) is 11.7. The molecule has 2 aromatic rings. The maximum Gasteiger partial charge on any atom is 0.243 e. The first-order valence-electron chi connectivity index (χ1n) is 9.89. The molecule has 2 aliphatic rings. The van der Waals surface area contributed by atoms with E-state index < -0.39 is 20.0 Å². The molecule has 2 aromatic carbocycles. The highest BCUT2D eigenvalue weighted by Gasteiger charge is 2.34. The minimum Gasteiger partial charge on any atom is -0.207 e. The van der Waals surface area contributed by atoms with Gasteiger partial charge in [0, 0.05) is 26.2 Å². The van der Waals surface area contributed by atoms with Crippen molar-refractivity contribution in [3.63, 3.8) is 0 Å². The molecule has 1 saturated heterocycles. The molecule has 1 fully saturated rings. The summed E-state index contributed by atoms with van der Waals surface area (Å²) in [5, 5.41) is 0. The van der Waals surface area contributed by atoms with E-state index in [1.807, 2.05) is 19.1 Å². The molecular formula is C21H26N2O4S2. The first-order valence-corrected chi connectivity index (χ1v) is 12.8. The lowest BCUT2D eigenvalue weighted by molar-refractivity contribution is 0.272. The molecule has 8 heteroatoms. The molecule has 156 valence electrons. The van der Waals surface area contributed by atoms with Gasteiger partial charge in [-0.15, -0.1) is 0 Å². The van der Waals surface area contributed by atoms with Gasteiger partial charge in [-0.25, -0.2) is 16.8 Å². The molecule has 0 bridgehead atoms. The van der Waals surface area contributed by atoms with E-state index >= 15 is 0 Å². The van der Waals surface area contributed by atoms with E-state index in [9.17, 15) is 16.8 Å². The quantitative estimate of drug-likeness (QED) is 0.741. The predicted molar refractivity (Wildman–Crippen MR) is 112 cm³/mol. The van der Waals surface area contributed by atoms with E-state index in [1.165, 1.54) is 14.2 Å². The van der Waals surface area contributed by atoms with Crippen LogP contribution < -0.4 is 0 Å². The maximum atomic E-state index is 13.1. The first kappa shape index (κ1) is 20.5. The number of piperazine rings is 1. The van der Waals surface area contributed by atoms with Crippen LogP contribution in [0.15, 0.2) is 46.2 Å². The molecule has 1 aliphatic carbocycles. The number of sulfonamides is 2. The minimum absolute atomic E-state index is 0.153. The van der Waals surface area contributed by atoms with Gasteiger partial charge in [0.25, 0.3) is 0 Å². The van der Waals surface area contributed by atoms with E-state index in [0.717, 1.165) is 30.4 Å². The van der Waals surface area contributed by atoms with Gasteiger partial charge in [0.05, 0.1) is 9.79 Å². The topological polar surface area (TPSA) is 74.8 Å². The van der Waals surface area contributed by atoms with Crippen LogP contribution in [0.3, 0.4) is 0 Å². The smallest absolute Gasteiger partial charge is 0.207 e. The molecule has 0 radical (unpaired) electrons. The first-order chi connectivity index (χ1) is 13.7. The molecule has 0 N–H and O–H groups in total. The zero-order chi connectivity index (χ0) is 20.8. The van der Waals surface area contributed by atoms with Crippen LogP contribution in [-0.2, 0) is 32.9 Å². The largest absolute Gasteiger partial charge is 0.243 e. The van der Waals surface area contributed by atoms with E-state index in [4.69, 9.17) is 0 Å². The zero-order valence-electron chi connectivity index (χ0n) is 16.8. The monoisotopic (exact) mass is 434 g/mol. The van der Waals surface area contributed by atoms with Gasteiger partial charge < -0.3 is 0 Å². The Bertz CT molecular complexity index is 1150. The lowest BCUT2D eigenvalue weighted by Crippen LogP contribution is -2.50. The van der Waals surface area contributed by atoms with Gasteiger partial charge in [-0.05, 0) is 68.0 Å². The highest BCUT2D eigenvalue weighted by molar-refractivity contribution is 7.89. The van der Waals surface area contributed by atoms with Crippen molar-refractivity contribution in [3.8, 4) is 0 Å². The lowest BCUT2D eigenvalue weighted by atomic mass is 10.1. The predicted octanol–water partition coefficient (Wildman–Crippen LogP) is 2.49. The van der Waals surface area contributed by atoms with Crippen LogP contribution in [0.25, 0.3) is 0 Å². The molecule has 0 saturated carbocycles. The van der Waals surface area contributed by atoms with Crippen LogP contribution in [0.4, 0.5) is 0 Å². The van der Waals surface area contributed by atoms with Crippen molar-refractivity contribution in [3.05, 3.63) is 58.7 Å². The summed E-state index contributed by atoms with van der Waals surface area (Å²) < 4.78 is 55.0. The Morgan fingerprint density at radius 2 is 1.34 bits per heavy atom. The molecule has 1 aliphatic heterocycles. The number of fused-ring (bicyclic) bond motifs is 1. The lowest BCUT2D eigenvalue weighted by Gasteiger charge is -2.33. The summed E-state index contributed by atoms with van der Waals surface area (Å²) in [6.07, 6.45) is 2.99. The van der Waals surface area contributed by atoms with Crippen molar-refractivity contribution >= 4 is 20.0 Å². The van der Waals surface area contributed by atoms with Gasteiger partial charge >= 0.3 is 0 Å². The fourth-order valence-corrected chi connectivity index (χ4v) is 7.34. The van der Waals surface area contributed by atoms with Crippen LogP contribution in [0.1, 0.15) is 28.7 Å². The second-order valence-electron chi connectivity index (χ2n) is 7.86. The number of rotatable bonds is 4. The van der Waals surface area contributed by atoms with Crippen molar-refractivity contribution in [2.24, 2.45) is 0 Å². The summed E-state index contributed by atoms with van der Waals surface area (Å²) in [6, 6.07) is 10.6. The highest BCUT2D eigenvalue weighted by Crippen LogP contribution is 2.28. The molecule has 29 heavy (non-hydrogen) atoms. The van der Waals surface area contributed by atoms with E-state index in [2.05, 4.69) is 0 Å². The SMILES string of the molecule is Cc1ccc(S(=O)(=O)N2CCN(S(=O)(=O)c3ccc4c(c3)CCC4)CC2)c(C)c1. The molecule has 0 amide bonds. The molecular weight excluding hydrogens is 408 g/mol. The Balaban J connectivity index is 1.51. The third-order valence-electron chi connectivity index (χ3n) is 5.85. The summed E-state index contributed by atoms with van der Waals surface area (Å²) >= 11 is 0. The standard InChI is InChI=1S/C21H26N2O4S2/c1-16-6-9-21(17(2)14-16)29(26,27)23-12-10-22(11-13-23)28(24,25)20-8-7-18-4-3-5-19(18)15-20/h6-9,14-15H,3-5,10-13H2,1-2H3. The highest BCUT2D eigenvalue weighted by atomic mass is 32.2. The van der Waals surface area contributed by atoms with Gasteiger partial charge in [0.2, 0.25) is 20.0 Å². The summed E-state index contributed by atoms with van der Waals surface area (Å²) in [7, 11) is -7.26. The molecule has 0 aromatic heterocycles. The Hall–Kier alpha value is -1.74. The summed E-state index contributed by atoms with van der Waals surface area (Å²) in [5.74, 6) is 0. The molecule has 0 unspecified atom stereocenters. The Morgan fingerprint density at radius 1 is 0.724 bits per heavy atom. The average Bonchev–Trinajstić information content (AvgIpc) is 3.15. The van der Waals surface area contributed by atoms with Crippen molar-refractivity contribution < 1.29 is 16.8 Å². The fourth-order valence-electron chi connectivity index (χ4n) is 4.24. The summed E-state index contributed by atoms with van der Waals surface area (Å²) in [4.78, 5) is 0.599. The zero-order valence-corrected chi connectivity index (χ0v) is 18.4. The molecule has 0 spiro atoms. The third kappa shape index (κ3) is 3.74. The molecule has 6 nitrogen and oxygen atoms in total. The van der Waals surface area contributed by atoms with E-state index in [1.54, 1.807) is 31.2 Å². The van der Waals surface area contributed by atoms with Crippen LogP contribution >= 0.6 is 0 Å². The van der Waals surface area contributed by atoms with Gasteiger partial charge in [-0.1, -0.05) is 23.8 Å². The van der Waals surface area contributed by atoms with Gasteiger partial charge in [0.1, 0.15) is 0 Å². The number of hydrogen-bond acceptors (Lipinski definition) is 4. The van der Waals surface area contributed by atoms with Crippen LogP contribution in [-0.4, -0.2) is 51.6 Å². The number of nitrogens with zero attached hydrogens (tertiary/aromatic N) is 2. The summed E-state index contributed by atoms with van der Waals surface area (Å²) in [5.41, 5.74) is 4.06. The Kier molecular flexibility index (Phi) is 5.31. The molecule has 1 heterocycles. The van der Waals surface area contributed by atoms with Crippen LogP contribution in [0, 0.1) is 13.8 Å². The van der Waals surface area contributed by atoms with Gasteiger partial charge in [-0.3, -0.25) is 0 Å². The van der Waals surface area contributed by atoms with Crippen LogP contribution in [0.5, 0.6) is 0 Å². The molecule has 4 rings (SSSR count). The van der Waals surface area contributed by atoms with Gasteiger partial charge in [-0.2, -0.15) is 8.61 Å². The number of hydrogen-bond donors (Lipinski definition) is 0. The molecule has 0 atom stereocenters. The van der Waals surface area contributed by atoms with Crippen molar-refractivity contribution in [1.82, 2.24) is 8.61 Å². The van der Waals surface area contributed by atoms with Crippen LogP contribution in [0.2, 0.25) is 0 Å². The maximum absolute atomic E-state index is 13.1. The summed E-state index contributed by atoms with van der Waals surface area (Å²) in [6.45, 7) is 4.33. The van der Waals surface area contributed by atoms with E-state index in [-0.39, 0.29) is 31.1 Å². The average molecular weight is 435 g/mol.